The van der Waals surface area contributed by atoms with E-state index in [2.05, 4.69) is 33.8 Å². The van der Waals surface area contributed by atoms with Crippen molar-refractivity contribution in [1.82, 2.24) is 0 Å². The average Bonchev–Trinajstić information content (AvgIpc) is 2.46. The predicted molar refractivity (Wildman–Crippen MR) is 91.0 cm³/mol. The van der Waals surface area contributed by atoms with Crippen molar-refractivity contribution in [3.05, 3.63) is 11.6 Å². The molecule has 5 atom stereocenters. The van der Waals surface area contributed by atoms with E-state index in [-0.39, 0.29) is 0 Å². The molecule has 2 fully saturated rings. The molecule has 0 spiro atoms. The molecule has 0 aromatic heterocycles. The molecule has 3 aliphatic carbocycles. The van der Waals surface area contributed by atoms with Gasteiger partial charge in [0.1, 0.15) is 0 Å². The van der Waals surface area contributed by atoms with E-state index in [1.807, 2.05) is 5.57 Å². The van der Waals surface area contributed by atoms with Crippen molar-refractivity contribution in [1.29, 1.82) is 0 Å². The molecule has 0 aromatic rings. The third kappa shape index (κ3) is 2.40. The van der Waals surface area contributed by atoms with Gasteiger partial charge in [0.2, 0.25) is 0 Å². The van der Waals surface area contributed by atoms with Gasteiger partial charge in [-0.15, -0.1) is 0 Å². The van der Waals surface area contributed by atoms with Crippen LogP contribution in [0.25, 0.3) is 0 Å². The van der Waals surface area contributed by atoms with Crippen LogP contribution in [0.15, 0.2) is 11.6 Å². The zero-order chi connectivity index (χ0) is 15.3. The molecule has 3 aliphatic rings. The summed E-state index contributed by atoms with van der Waals surface area (Å²) in [7, 11) is 0. The van der Waals surface area contributed by atoms with Gasteiger partial charge < -0.3 is 5.73 Å². The van der Waals surface area contributed by atoms with Crippen molar-refractivity contribution in [2.24, 2.45) is 40.2 Å². The molecule has 0 aromatic carbocycles. The Morgan fingerprint density at radius 3 is 2.62 bits per heavy atom. The normalized spacial score (nSPS) is 46.8. The molecule has 0 unspecified atom stereocenters. The first-order valence-corrected chi connectivity index (χ1v) is 9.31. The topological polar surface area (TPSA) is 26.0 Å². The zero-order valence-corrected chi connectivity index (χ0v) is 14.6. The fraction of sp³-hybridized carbons (Fsp3) is 0.900. The molecule has 0 bridgehead atoms. The van der Waals surface area contributed by atoms with Gasteiger partial charge in [-0.2, -0.15) is 0 Å². The van der Waals surface area contributed by atoms with Crippen molar-refractivity contribution < 1.29 is 0 Å². The van der Waals surface area contributed by atoms with Crippen molar-refractivity contribution in [3.8, 4) is 0 Å². The number of rotatable bonds is 2. The average molecular weight is 290 g/mol. The first-order chi connectivity index (χ1) is 9.90. The summed E-state index contributed by atoms with van der Waals surface area (Å²) in [5.74, 6) is 3.35. The Hall–Kier alpha value is -0.300. The van der Waals surface area contributed by atoms with Crippen molar-refractivity contribution >= 4 is 0 Å². The number of hydrogen-bond acceptors (Lipinski definition) is 1. The van der Waals surface area contributed by atoms with Gasteiger partial charge in [0.25, 0.3) is 0 Å². The number of allylic oxidation sites excluding steroid dienone is 2. The van der Waals surface area contributed by atoms with Gasteiger partial charge in [-0.3, -0.25) is 0 Å². The van der Waals surface area contributed by atoms with Gasteiger partial charge in [0.05, 0.1) is 0 Å². The van der Waals surface area contributed by atoms with E-state index in [1.165, 1.54) is 44.9 Å². The second-order valence-electron chi connectivity index (χ2n) is 9.09. The van der Waals surface area contributed by atoms with Gasteiger partial charge in [-0.25, -0.2) is 0 Å². The van der Waals surface area contributed by atoms with Gasteiger partial charge in [0, 0.05) is 0 Å². The number of hydrogen-bond donors (Lipinski definition) is 1. The minimum Gasteiger partial charge on any atom is -0.330 e. The van der Waals surface area contributed by atoms with Crippen LogP contribution in [0.5, 0.6) is 0 Å². The van der Waals surface area contributed by atoms with E-state index in [1.54, 1.807) is 0 Å². The zero-order valence-electron chi connectivity index (χ0n) is 14.6. The van der Waals surface area contributed by atoms with Crippen LogP contribution in [0.2, 0.25) is 0 Å². The molecular formula is C20H35N. The summed E-state index contributed by atoms with van der Waals surface area (Å²) in [6, 6.07) is 0. The summed E-state index contributed by atoms with van der Waals surface area (Å²) in [5, 5.41) is 0. The van der Waals surface area contributed by atoms with Crippen molar-refractivity contribution in [2.45, 2.75) is 72.6 Å². The maximum atomic E-state index is 6.22. The molecule has 1 heteroatoms. The minimum atomic E-state index is 0.396. The van der Waals surface area contributed by atoms with Crippen LogP contribution in [-0.4, -0.2) is 6.54 Å². The number of fused-ring (bicyclic) bond motifs is 3. The van der Waals surface area contributed by atoms with E-state index >= 15 is 0 Å². The molecule has 3 rings (SSSR count). The molecule has 21 heavy (non-hydrogen) atoms. The van der Waals surface area contributed by atoms with Gasteiger partial charge in [0.15, 0.2) is 0 Å². The second kappa shape index (κ2) is 5.41. The predicted octanol–water partition coefficient (Wildman–Crippen LogP) is 5.16. The third-order valence-electron chi connectivity index (χ3n) is 7.61. The maximum absolute atomic E-state index is 6.22. The lowest BCUT2D eigenvalue weighted by Gasteiger charge is -2.60. The molecule has 0 heterocycles. The SMILES string of the molecule is CC(C)[C@@H]1C=C2CC[C@H]3[C@](C)(CN)CCC[C@]3(C)[C@@H]2CC1. The first kappa shape index (κ1) is 15.6. The van der Waals surface area contributed by atoms with Crippen molar-refractivity contribution in [2.75, 3.05) is 6.54 Å². The highest BCUT2D eigenvalue weighted by Gasteiger charge is 2.54. The van der Waals surface area contributed by atoms with Gasteiger partial charge in [-0.05, 0) is 79.6 Å². The Morgan fingerprint density at radius 2 is 1.95 bits per heavy atom. The summed E-state index contributed by atoms with van der Waals surface area (Å²) in [6.45, 7) is 10.7. The summed E-state index contributed by atoms with van der Waals surface area (Å²) < 4.78 is 0. The van der Waals surface area contributed by atoms with Gasteiger partial charge >= 0.3 is 0 Å². The van der Waals surface area contributed by atoms with Crippen LogP contribution in [0.3, 0.4) is 0 Å². The monoisotopic (exact) mass is 289 g/mol. The molecule has 0 radical (unpaired) electrons. The smallest absolute Gasteiger partial charge is 0.00203 e. The lowest BCUT2D eigenvalue weighted by molar-refractivity contribution is -0.0626. The minimum absolute atomic E-state index is 0.396. The highest BCUT2D eigenvalue weighted by Crippen LogP contribution is 2.63. The van der Waals surface area contributed by atoms with Crippen LogP contribution >= 0.6 is 0 Å². The van der Waals surface area contributed by atoms with E-state index in [0.29, 0.717) is 10.8 Å². The fourth-order valence-corrected chi connectivity index (χ4v) is 6.22. The Balaban J connectivity index is 1.91. The molecule has 120 valence electrons. The highest BCUT2D eigenvalue weighted by atomic mass is 14.7. The molecule has 0 aliphatic heterocycles. The van der Waals surface area contributed by atoms with E-state index in [4.69, 9.17) is 5.73 Å². The second-order valence-corrected chi connectivity index (χ2v) is 9.09. The molecule has 2 N–H and O–H groups in total. The quantitative estimate of drug-likeness (QED) is 0.698. The van der Waals surface area contributed by atoms with Crippen LogP contribution in [-0.2, 0) is 0 Å². The Morgan fingerprint density at radius 1 is 1.19 bits per heavy atom. The molecule has 0 amide bonds. The van der Waals surface area contributed by atoms with Crippen LogP contribution in [0, 0.1) is 34.5 Å². The molecular weight excluding hydrogens is 254 g/mol. The summed E-state index contributed by atoms with van der Waals surface area (Å²) >= 11 is 0. The Bertz CT molecular complexity index is 424. The molecule has 0 saturated heterocycles. The first-order valence-electron chi connectivity index (χ1n) is 9.31. The Kier molecular flexibility index (Phi) is 4.01. The van der Waals surface area contributed by atoms with E-state index in [9.17, 15) is 0 Å². The number of nitrogens with two attached hydrogens (primary N) is 1. The van der Waals surface area contributed by atoms with E-state index in [0.717, 1.165) is 30.2 Å². The Labute approximate surface area is 131 Å². The van der Waals surface area contributed by atoms with Gasteiger partial charge in [-0.1, -0.05) is 45.8 Å². The summed E-state index contributed by atoms with van der Waals surface area (Å²) in [4.78, 5) is 0. The third-order valence-corrected chi connectivity index (χ3v) is 7.61. The molecule has 1 nitrogen and oxygen atoms in total. The van der Waals surface area contributed by atoms with Crippen LogP contribution in [0.1, 0.15) is 72.6 Å². The maximum Gasteiger partial charge on any atom is -0.00203 e. The van der Waals surface area contributed by atoms with E-state index < -0.39 is 0 Å². The lowest BCUT2D eigenvalue weighted by atomic mass is 9.45. The highest BCUT2D eigenvalue weighted by molar-refractivity contribution is 5.22. The largest absolute Gasteiger partial charge is 0.330 e. The fourth-order valence-electron chi connectivity index (χ4n) is 6.22. The summed E-state index contributed by atoms with van der Waals surface area (Å²) in [5.41, 5.74) is 8.96. The molecule has 2 saturated carbocycles. The summed E-state index contributed by atoms with van der Waals surface area (Å²) in [6.07, 6.45) is 12.4. The van der Waals surface area contributed by atoms with Crippen LogP contribution < -0.4 is 5.73 Å². The lowest BCUT2D eigenvalue weighted by Crippen LogP contribution is -2.53. The van der Waals surface area contributed by atoms with Crippen molar-refractivity contribution in [3.63, 3.8) is 0 Å². The standard InChI is InChI=1S/C20H35N/c1-14(2)15-6-8-17-16(12-15)7-9-18-19(3,13-21)10-5-11-20(17,18)4/h12,14-15,17-18H,5-11,13,21H2,1-4H3/t15-,17+,18-,19-,20+/m0/s1. The van der Waals surface area contributed by atoms with Crippen LogP contribution in [0.4, 0.5) is 0 Å².